The second-order valence-electron chi connectivity index (χ2n) is 4.40. The lowest BCUT2D eigenvalue weighted by atomic mass is 10.1. The van der Waals surface area contributed by atoms with Gasteiger partial charge >= 0.3 is 0 Å². The first-order chi connectivity index (χ1) is 9.95. The summed E-state index contributed by atoms with van der Waals surface area (Å²) in [5.74, 6) is 0. The van der Waals surface area contributed by atoms with E-state index in [1.165, 1.54) is 19.2 Å². The third kappa shape index (κ3) is 5.42. The van der Waals surface area contributed by atoms with Crippen LogP contribution in [0.4, 0.5) is 11.4 Å². The summed E-state index contributed by atoms with van der Waals surface area (Å²) in [6, 6.07) is 3.52. The fourth-order valence-corrected chi connectivity index (χ4v) is 1.75. The molecular formula is C12H17N3O6. The number of nitro benzene ring substituents is 2. The van der Waals surface area contributed by atoms with Crippen LogP contribution in [0.15, 0.2) is 18.2 Å². The molecule has 2 N–H and O–H groups in total. The first kappa shape index (κ1) is 17.0. The average Bonchev–Trinajstić information content (AvgIpc) is 2.43. The van der Waals surface area contributed by atoms with E-state index in [1.807, 2.05) is 0 Å². The SMILES string of the molecule is COCC(O)CCNCc1ccc([N+](=O)[O-])cc1[N+](=O)[O-]. The molecule has 0 amide bonds. The van der Waals surface area contributed by atoms with Gasteiger partial charge in [0.15, 0.2) is 0 Å². The number of nitrogens with zero attached hydrogens (tertiary/aromatic N) is 2. The van der Waals surface area contributed by atoms with E-state index in [0.717, 1.165) is 6.07 Å². The fourth-order valence-electron chi connectivity index (χ4n) is 1.75. The molecule has 0 aliphatic heterocycles. The molecule has 0 saturated carbocycles. The molecule has 21 heavy (non-hydrogen) atoms. The van der Waals surface area contributed by atoms with Crippen LogP contribution in [-0.4, -0.2) is 41.3 Å². The van der Waals surface area contributed by atoms with Gasteiger partial charge in [0.2, 0.25) is 0 Å². The highest BCUT2D eigenvalue weighted by atomic mass is 16.6. The number of aliphatic hydroxyl groups excluding tert-OH is 1. The smallest absolute Gasteiger partial charge is 0.280 e. The number of ether oxygens (including phenoxy) is 1. The van der Waals surface area contributed by atoms with E-state index in [9.17, 15) is 25.3 Å². The van der Waals surface area contributed by atoms with Crippen molar-refractivity contribution in [2.45, 2.75) is 19.1 Å². The summed E-state index contributed by atoms with van der Waals surface area (Å²) in [4.78, 5) is 20.2. The zero-order valence-corrected chi connectivity index (χ0v) is 11.5. The van der Waals surface area contributed by atoms with Gasteiger partial charge in [0, 0.05) is 25.3 Å². The van der Waals surface area contributed by atoms with Crippen molar-refractivity contribution in [1.29, 1.82) is 0 Å². The molecule has 116 valence electrons. The number of benzene rings is 1. The van der Waals surface area contributed by atoms with Crippen molar-refractivity contribution in [2.24, 2.45) is 0 Å². The quantitative estimate of drug-likeness (QED) is 0.395. The molecule has 0 bridgehead atoms. The Morgan fingerprint density at radius 2 is 2.05 bits per heavy atom. The molecule has 0 heterocycles. The average molecular weight is 299 g/mol. The van der Waals surface area contributed by atoms with Gasteiger partial charge in [0.05, 0.1) is 28.6 Å². The Balaban J connectivity index is 2.62. The van der Waals surface area contributed by atoms with E-state index in [0.29, 0.717) is 18.5 Å². The van der Waals surface area contributed by atoms with Crippen molar-refractivity contribution in [3.05, 3.63) is 44.0 Å². The van der Waals surface area contributed by atoms with E-state index in [-0.39, 0.29) is 24.5 Å². The van der Waals surface area contributed by atoms with Crippen molar-refractivity contribution in [2.75, 3.05) is 20.3 Å². The van der Waals surface area contributed by atoms with E-state index < -0.39 is 16.0 Å². The molecule has 1 rings (SSSR count). The van der Waals surface area contributed by atoms with Gasteiger partial charge in [0.25, 0.3) is 11.4 Å². The van der Waals surface area contributed by atoms with Gasteiger partial charge in [-0.25, -0.2) is 0 Å². The summed E-state index contributed by atoms with van der Waals surface area (Å²) >= 11 is 0. The van der Waals surface area contributed by atoms with Crippen LogP contribution in [0, 0.1) is 20.2 Å². The molecule has 0 spiro atoms. The molecule has 0 fully saturated rings. The predicted octanol–water partition coefficient (Wildman–Crippen LogP) is 0.990. The molecule has 0 aliphatic rings. The molecule has 0 aromatic heterocycles. The largest absolute Gasteiger partial charge is 0.391 e. The van der Waals surface area contributed by atoms with Crippen molar-refractivity contribution in [3.8, 4) is 0 Å². The summed E-state index contributed by atoms with van der Waals surface area (Å²) in [5.41, 5.74) is -0.262. The van der Waals surface area contributed by atoms with Crippen LogP contribution in [0.3, 0.4) is 0 Å². The monoisotopic (exact) mass is 299 g/mol. The minimum absolute atomic E-state index is 0.189. The van der Waals surface area contributed by atoms with Crippen LogP contribution in [0.1, 0.15) is 12.0 Å². The molecule has 0 saturated heterocycles. The summed E-state index contributed by atoms with van der Waals surface area (Å²) in [5, 5.41) is 33.9. The van der Waals surface area contributed by atoms with Gasteiger partial charge in [-0.3, -0.25) is 20.2 Å². The Morgan fingerprint density at radius 1 is 1.33 bits per heavy atom. The van der Waals surface area contributed by atoms with Gasteiger partial charge < -0.3 is 15.2 Å². The highest BCUT2D eigenvalue weighted by Crippen LogP contribution is 2.24. The van der Waals surface area contributed by atoms with Crippen molar-refractivity contribution in [3.63, 3.8) is 0 Å². The summed E-state index contributed by atoms with van der Waals surface area (Å²) in [7, 11) is 1.48. The van der Waals surface area contributed by atoms with Crippen LogP contribution in [0.25, 0.3) is 0 Å². The van der Waals surface area contributed by atoms with Gasteiger partial charge in [-0.15, -0.1) is 0 Å². The van der Waals surface area contributed by atoms with Gasteiger partial charge in [0.1, 0.15) is 0 Å². The number of methoxy groups -OCH3 is 1. The number of hydrogen-bond acceptors (Lipinski definition) is 7. The van der Waals surface area contributed by atoms with Crippen molar-refractivity contribution < 1.29 is 19.7 Å². The Bertz CT molecular complexity index is 508. The maximum absolute atomic E-state index is 10.9. The zero-order valence-electron chi connectivity index (χ0n) is 11.5. The van der Waals surface area contributed by atoms with E-state index in [4.69, 9.17) is 4.74 Å². The van der Waals surface area contributed by atoms with Crippen LogP contribution >= 0.6 is 0 Å². The fraction of sp³-hybridized carbons (Fsp3) is 0.500. The summed E-state index contributed by atoms with van der Waals surface area (Å²) in [6.45, 7) is 0.853. The van der Waals surface area contributed by atoms with E-state index in [2.05, 4.69) is 5.32 Å². The highest BCUT2D eigenvalue weighted by Gasteiger charge is 2.18. The molecule has 1 atom stereocenters. The number of nitrogens with one attached hydrogen (secondary N) is 1. The van der Waals surface area contributed by atoms with Gasteiger partial charge in [-0.05, 0) is 19.0 Å². The third-order valence-electron chi connectivity index (χ3n) is 2.81. The topological polar surface area (TPSA) is 128 Å². The summed E-state index contributed by atoms with van der Waals surface area (Å²) in [6.07, 6.45) is -0.163. The highest BCUT2D eigenvalue weighted by molar-refractivity contribution is 5.49. The summed E-state index contributed by atoms with van der Waals surface area (Å²) < 4.78 is 4.77. The number of nitro groups is 2. The molecular weight excluding hydrogens is 282 g/mol. The number of non-ortho nitro benzene ring substituents is 1. The lowest BCUT2D eigenvalue weighted by Gasteiger charge is -2.10. The van der Waals surface area contributed by atoms with Gasteiger partial charge in [-0.1, -0.05) is 0 Å². The Morgan fingerprint density at radius 3 is 2.62 bits per heavy atom. The molecule has 0 radical (unpaired) electrons. The number of hydrogen-bond donors (Lipinski definition) is 2. The first-order valence-electron chi connectivity index (χ1n) is 6.25. The van der Waals surface area contributed by atoms with Crippen LogP contribution in [0.2, 0.25) is 0 Å². The maximum Gasteiger partial charge on any atom is 0.280 e. The number of rotatable bonds is 9. The standard InChI is InChI=1S/C12H17N3O6/c1-21-8-11(16)4-5-13-7-9-2-3-10(14(17)18)6-12(9)15(19)20/h2-3,6,11,13,16H,4-5,7-8H2,1H3. The molecule has 1 aromatic carbocycles. The molecule has 0 aliphatic carbocycles. The maximum atomic E-state index is 10.9. The minimum Gasteiger partial charge on any atom is -0.391 e. The Kier molecular flexibility index (Phi) is 6.66. The second kappa shape index (κ2) is 8.25. The van der Waals surface area contributed by atoms with Crippen molar-refractivity contribution in [1.82, 2.24) is 5.32 Å². The first-order valence-corrected chi connectivity index (χ1v) is 6.25. The van der Waals surface area contributed by atoms with Crippen LogP contribution < -0.4 is 5.32 Å². The van der Waals surface area contributed by atoms with Crippen molar-refractivity contribution >= 4 is 11.4 Å². The van der Waals surface area contributed by atoms with E-state index >= 15 is 0 Å². The Labute approximate surface area is 120 Å². The van der Waals surface area contributed by atoms with Crippen LogP contribution in [-0.2, 0) is 11.3 Å². The minimum atomic E-state index is -0.675. The van der Waals surface area contributed by atoms with Gasteiger partial charge in [-0.2, -0.15) is 0 Å². The molecule has 1 unspecified atom stereocenters. The lowest BCUT2D eigenvalue weighted by Crippen LogP contribution is -2.23. The predicted molar refractivity (Wildman–Crippen MR) is 74.0 cm³/mol. The Hall–Kier alpha value is -2.10. The van der Waals surface area contributed by atoms with Crippen LogP contribution in [0.5, 0.6) is 0 Å². The lowest BCUT2D eigenvalue weighted by molar-refractivity contribution is -0.394. The van der Waals surface area contributed by atoms with E-state index in [1.54, 1.807) is 0 Å². The molecule has 9 nitrogen and oxygen atoms in total. The number of aliphatic hydroxyl groups is 1. The normalized spacial score (nSPS) is 12.1. The zero-order chi connectivity index (χ0) is 15.8. The molecule has 9 heteroatoms. The second-order valence-corrected chi connectivity index (χ2v) is 4.40. The molecule has 1 aromatic rings. The third-order valence-corrected chi connectivity index (χ3v) is 2.81.